The summed E-state index contributed by atoms with van der Waals surface area (Å²) < 4.78 is 17.3. The van der Waals surface area contributed by atoms with Crippen molar-refractivity contribution in [3.63, 3.8) is 0 Å². The van der Waals surface area contributed by atoms with Crippen molar-refractivity contribution in [2.75, 3.05) is 24.7 Å². The molecule has 0 bridgehead atoms. The average molecular weight is 402 g/mol. The summed E-state index contributed by atoms with van der Waals surface area (Å²) in [7, 11) is 0. The van der Waals surface area contributed by atoms with E-state index in [1.165, 1.54) is 12.8 Å². The molecule has 2 heterocycles. The molecule has 5 nitrogen and oxygen atoms in total. The summed E-state index contributed by atoms with van der Waals surface area (Å²) in [6.45, 7) is 4.05. The molecule has 6 heteroatoms. The molecule has 1 saturated heterocycles. The zero-order valence-electron chi connectivity index (χ0n) is 15.9. The maximum Gasteiger partial charge on any atom is 0.292 e. The highest BCUT2D eigenvalue weighted by atomic mass is 35.5. The third-order valence-electron chi connectivity index (χ3n) is 5.11. The summed E-state index contributed by atoms with van der Waals surface area (Å²) in [4.78, 5) is 14.9. The molecule has 1 spiro atoms. The molecule has 28 heavy (non-hydrogen) atoms. The van der Waals surface area contributed by atoms with E-state index in [1.807, 2.05) is 36.4 Å². The van der Waals surface area contributed by atoms with Crippen molar-refractivity contribution < 1.29 is 19.0 Å². The van der Waals surface area contributed by atoms with Crippen molar-refractivity contribution >= 4 is 23.2 Å². The standard InChI is InChI=1S/C22H24ClNO4/c1-2-3-4-12-26-17-10-8-16(9-11-17)15-24-20-18(6-5-7-19(20)23)22(21(24)25)27-13-14-28-22/h5-11H,2-4,12-15H2,1H3. The number of anilines is 1. The van der Waals surface area contributed by atoms with Crippen molar-refractivity contribution in [1.29, 1.82) is 0 Å². The lowest BCUT2D eigenvalue weighted by Crippen LogP contribution is -2.40. The Morgan fingerprint density at radius 1 is 1.11 bits per heavy atom. The topological polar surface area (TPSA) is 48.0 Å². The van der Waals surface area contributed by atoms with Crippen LogP contribution in [0.1, 0.15) is 37.3 Å². The van der Waals surface area contributed by atoms with Gasteiger partial charge in [-0.1, -0.05) is 55.6 Å². The second-order valence-electron chi connectivity index (χ2n) is 7.04. The zero-order valence-corrected chi connectivity index (χ0v) is 16.7. The minimum Gasteiger partial charge on any atom is -0.494 e. The summed E-state index contributed by atoms with van der Waals surface area (Å²) in [6, 6.07) is 13.3. The fourth-order valence-corrected chi connectivity index (χ4v) is 3.98. The van der Waals surface area contributed by atoms with E-state index in [0.29, 0.717) is 36.0 Å². The van der Waals surface area contributed by atoms with Gasteiger partial charge in [0.1, 0.15) is 5.75 Å². The predicted molar refractivity (Wildman–Crippen MR) is 108 cm³/mol. The van der Waals surface area contributed by atoms with Gasteiger partial charge >= 0.3 is 0 Å². The van der Waals surface area contributed by atoms with Gasteiger partial charge in [-0.3, -0.25) is 4.79 Å². The number of benzene rings is 2. The summed E-state index contributed by atoms with van der Waals surface area (Å²) in [6.07, 6.45) is 3.39. The Labute approximate surface area is 170 Å². The number of hydrogen-bond acceptors (Lipinski definition) is 4. The van der Waals surface area contributed by atoms with E-state index >= 15 is 0 Å². The Hall–Kier alpha value is -2.08. The van der Waals surface area contributed by atoms with Crippen LogP contribution in [0.4, 0.5) is 5.69 Å². The van der Waals surface area contributed by atoms with Crippen LogP contribution in [-0.2, 0) is 26.6 Å². The number of halogens is 1. The number of carbonyl (C=O) groups is 1. The molecule has 2 aromatic rings. The first-order chi connectivity index (χ1) is 13.7. The first-order valence-electron chi connectivity index (χ1n) is 9.76. The van der Waals surface area contributed by atoms with Gasteiger partial charge in [-0.25, -0.2) is 0 Å². The average Bonchev–Trinajstić information content (AvgIpc) is 3.28. The molecule has 0 atom stereocenters. The van der Waals surface area contributed by atoms with Gasteiger partial charge in [0, 0.05) is 5.56 Å². The van der Waals surface area contributed by atoms with Gasteiger partial charge in [-0.2, -0.15) is 0 Å². The molecular weight excluding hydrogens is 378 g/mol. The van der Waals surface area contributed by atoms with Gasteiger partial charge in [-0.15, -0.1) is 0 Å². The summed E-state index contributed by atoms with van der Waals surface area (Å²) in [5.41, 5.74) is 2.32. The van der Waals surface area contributed by atoms with Gasteiger partial charge in [0.05, 0.1) is 37.1 Å². The second kappa shape index (κ2) is 8.11. The maximum atomic E-state index is 13.2. The van der Waals surface area contributed by atoms with E-state index < -0.39 is 5.79 Å². The Bertz CT molecular complexity index is 846. The fourth-order valence-electron chi connectivity index (χ4n) is 3.71. The SMILES string of the molecule is CCCCCOc1ccc(CN2C(=O)C3(OCCO3)c3cccc(Cl)c32)cc1. The van der Waals surface area contributed by atoms with Crippen LogP contribution in [0.5, 0.6) is 5.75 Å². The Kier molecular flexibility index (Phi) is 5.58. The lowest BCUT2D eigenvalue weighted by Gasteiger charge is -2.22. The molecule has 2 aliphatic heterocycles. The van der Waals surface area contributed by atoms with Crippen molar-refractivity contribution in [3.05, 3.63) is 58.6 Å². The molecule has 0 aromatic heterocycles. The van der Waals surface area contributed by atoms with Crippen LogP contribution < -0.4 is 9.64 Å². The fraction of sp³-hybridized carbons (Fsp3) is 0.409. The number of amides is 1. The molecule has 0 saturated carbocycles. The number of fused-ring (bicyclic) bond motifs is 2. The first kappa shape index (κ1) is 19.2. The molecule has 1 fully saturated rings. The van der Waals surface area contributed by atoms with E-state index in [4.69, 9.17) is 25.8 Å². The number of ether oxygens (including phenoxy) is 3. The lowest BCUT2D eigenvalue weighted by molar-refractivity contribution is -0.180. The Morgan fingerprint density at radius 3 is 2.57 bits per heavy atom. The molecule has 0 aliphatic carbocycles. The summed E-state index contributed by atoms with van der Waals surface area (Å²) in [5.74, 6) is -0.749. The monoisotopic (exact) mass is 401 g/mol. The number of hydrogen-bond donors (Lipinski definition) is 0. The van der Waals surface area contributed by atoms with Gasteiger partial charge < -0.3 is 19.1 Å². The molecule has 0 unspecified atom stereocenters. The largest absolute Gasteiger partial charge is 0.494 e. The quantitative estimate of drug-likeness (QED) is 0.633. The van der Waals surface area contributed by atoms with Crippen LogP contribution in [0.25, 0.3) is 0 Å². The summed E-state index contributed by atoms with van der Waals surface area (Å²) >= 11 is 6.44. The number of carbonyl (C=O) groups excluding carboxylic acids is 1. The maximum absolute atomic E-state index is 13.2. The van der Waals surface area contributed by atoms with Crippen LogP contribution in [0.15, 0.2) is 42.5 Å². The molecule has 2 aliphatic rings. The molecule has 4 rings (SSSR count). The van der Waals surface area contributed by atoms with Gasteiger partial charge in [0.15, 0.2) is 0 Å². The Balaban J connectivity index is 1.53. The smallest absolute Gasteiger partial charge is 0.292 e. The molecular formula is C22H24ClNO4. The third-order valence-corrected chi connectivity index (χ3v) is 5.42. The molecule has 1 amide bonds. The third kappa shape index (κ3) is 3.39. The predicted octanol–water partition coefficient (Wildman–Crippen LogP) is 4.66. The molecule has 0 N–H and O–H groups in total. The Morgan fingerprint density at radius 2 is 1.86 bits per heavy atom. The van der Waals surface area contributed by atoms with Crippen LogP contribution in [0, 0.1) is 0 Å². The first-order valence-corrected chi connectivity index (χ1v) is 10.1. The molecule has 0 radical (unpaired) electrons. The van der Waals surface area contributed by atoms with Crippen molar-refractivity contribution in [2.45, 2.75) is 38.5 Å². The number of rotatable bonds is 7. The number of para-hydroxylation sites is 1. The van der Waals surface area contributed by atoms with Gasteiger partial charge in [0.2, 0.25) is 0 Å². The molecule has 148 valence electrons. The minimum atomic E-state index is -1.36. The van der Waals surface area contributed by atoms with E-state index in [1.54, 1.807) is 11.0 Å². The van der Waals surface area contributed by atoms with E-state index in [-0.39, 0.29) is 5.91 Å². The van der Waals surface area contributed by atoms with Gasteiger partial charge in [0.25, 0.3) is 11.7 Å². The molecule has 2 aromatic carbocycles. The second-order valence-corrected chi connectivity index (χ2v) is 7.45. The normalized spacial score (nSPS) is 17.4. The minimum absolute atomic E-state index is 0.229. The van der Waals surface area contributed by atoms with E-state index in [2.05, 4.69) is 6.92 Å². The summed E-state index contributed by atoms with van der Waals surface area (Å²) in [5, 5.41) is 0.512. The van der Waals surface area contributed by atoms with Crippen LogP contribution in [0.2, 0.25) is 5.02 Å². The van der Waals surface area contributed by atoms with E-state index in [0.717, 1.165) is 24.3 Å². The zero-order chi connectivity index (χ0) is 19.6. The highest BCUT2D eigenvalue weighted by Gasteiger charge is 2.56. The lowest BCUT2D eigenvalue weighted by atomic mass is 10.1. The van der Waals surface area contributed by atoms with Crippen LogP contribution >= 0.6 is 11.6 Å². The highest BCUT2D eigenvalue weighted by molar-refractivity contribution is 6.35. The van der Waals surface area contributed by atoms with Crippen molar-refractivity contribution in [2.24, 2.45) is 0 Å². The van der Waals surface area contributed by atoms with E-state index in [9.17, 15) is 4.79 Å². The van der Waals surface area contributed by atoms with Crippen LogP contribution in [0.3, 0.4) is 0 Å². The van der Waals surface area contributed by atoms with Gasteiger partial charge in [-0.05, 0) is 30.2 Å². The number of nitrogens with zero attached hydrogens (tertiary/aromatic N) is 1. The highest BCUT2D eigenvalue weighted by Crippen LogP contribution is 2.49. The van der Waals surface area contributed by atoms with Crippen molar-refractivity contribution in [1.82, 2.24) is 0 Å². The van der Waals surface area contributed by atoms with Crippen LogP contribution in [-0.4, -0.2) is 25.7 Å². The van der Waals surface area contributed by atoms with Crippen molar-refractivity contribution in [3.8, 4) is 5.75 Å². The number of unbranched alkanes of at least 4 members (excludes halogenated alkanes) is 2.